The van der Waals surface area contributed by atoms with Crippen molar-refractivity contribution in [3.05, 3.63) is 23.8 Å². The number of nitrogens with zero attached hydrogens (tertiary/aromatic N) is 1. The molecule has 8 nitrogen and oxygen atoms in total. The summed E-state index contributed by atoms with van der Waals surface area (Å²) >= 11 is 0. The van der Waals surface area contributed by atoms with E-state index < -0.39 is 16.1 Å². The van der Waals surface area contributed by atoms with Crippen LogP contribution < -0.4 is 9.88 Å². The smallest absolute Gasteiger partial charge is 0.257 e. The number of amides is 1. The summed E-state index contributed by atoms with van der Waals surface area (Å²) in [5.74, 6) is -0.143. The zero-order chi connectivity index (χ0) is 17.9. The van der Waals surface area contributed by atoms with Crippen LogP contribution >= 0.6 is 0 Å². The number of methoxy groups -OCH3 is 1. The predicted molar refractivity (Wildman–Crippen MR) is 86.1 cm³/mol. The van der Waals surface area contributed by atoms with Crippen LogP contribution in [0.1, 0.15) is 23.2 Å². The minimum atomic E-state index is -3.93. The van der Waals surface area contributed by atoms with E-state index in [-0.39, 0.29) is 34.6 Å². The molecule has 0 aliphatic carbocycles. The summed E-state index contributed by atoms with van der Waals surface area (Å²) in [5, 5.41) is 23.8. The van der Waals surface area contributed by atoms with Crippen LogP contribution in [0.3, 0.4) is 0 Å². The van der Waals surface area contributed by atoms with Crippen LogP contribution in [0.25, 0.3) is 0 Å². The SMILES string of the molecule is COc1ccc(S(N)(=O)=O)cc1C(=O)N1CCC(C(O)CO)CC1. The lowest BCUT2D eigenvalue weighted by atomic mass is 9.91. The number of likely N-dealkylation sites (tertiary alicyclic amines) is 1. The molecule has 24 heavy (non-hydrogen) atoms. The number of primary sulfonamides is 1. The normalized spacial score (nSPS) is 17.6. The van der Waals surface area contributed by atoms with Crippen LogP contribution in [0.15, 0.2) is 23.1 Å². The Balaban J connectivity index is 2.21. The van der Waals surface area contributed by atoms with E-state index >= 15 is 0 Å². The van der Waals surface area contributed by atoms with Crippen LogP contribution in [-0.2, 0) is 10.0 Å². The number of ether oxygens (including phenoxy) is 1. The first-order valence-corrected chi connectivity index (χ1v) is 9.11. The van der Waals surface area contributed by atoms with Gasteiger partial charge >= 0.3 is 0 Å². The summed E-state index contributed by atoms with van der Waals surface area (Å²) in [4.78, 5) is 14.1. The standard InChI is InChI=1S/C15H22N2O6S/c1-23-14-3-2-11(24(16,21)22)8-12(14)15(20)17-6-4-10(5-7-17)13(19)9-18/h2-3,8,10,13,18-19H,4-7,9H2,1H3,(H2,16,21,22). The Morgan fingerprint density at radius 2 is 2.04 bits per heavy atom. The molecular formula is C15H22N2O6S. The van der Waals surface area contributed by atoms with E-state index in [0.29, 0.717) is 25.9 Å². The molecule has 1 unspecified atom stereocenters. The number of hydrogen-bond acceptors (Lipinski definition) is 6. The Kier molecular flexibility index (Phi) is 5.81. The third-order valence-corrected chi connectivity index (χ3v) is 5.20. The molecule has 2 rings (SSSR count). The van der Waals surface area contributed by atoms with E-state index in [4.69, 9.17) is 15.0 Å². The fourth-order valence-corrected chi connectivity index (χ4v) is 3.38. The fourth-order valence-electron chi connectivity index (χ4n) is 2.84. The van der Waals surface area contributed by atoms with Crippen LogP contribution in [0.5, 0.6) is 5.75 Å². The molecule has 9 heteroatoms. The molecule has 1 aliphatic heterocycles. The molecule has 1 fully saturated rings. The van der Waals surface area contributed by atoms with Crippen molar-refractivity contribution in [3.8, 4) is 5.75 Å². The molecule has 134 valence electrons. The molecule has 1 saturated heterocycles. The summed E-state index contributed by atoms with van der Waals surface area (Å²) in [6, 6.07) is 3.90. The van der Waals surface area contributed by atoms with Crippen molar-refractivity contribution in [1.29, 1.82) is 0 Å². The number of aliphatic hydroxyl groups is 2. The minimum Gasteiger partial charge on any atom is -0.496 e. The van der Waals surface area contributed by atoms with Gasteiger partial charge in [0.25, 0.3) is 5.91 Å². The second-order valence-electron chi connectivity index (χ2n) is 5.79. The van der Waals surface area contributed by atoms with Gasteiger partial charge in [0, 0.05) is 13.1 Å². The molecular weight excluding hydrogens is 336 g/mol. The topological polar surface area (TPSA) is 130 Å². The number of sulfonamides is 1. The number of benzene rings is 1. The lowest BCUT2D eigenvalue weighted by molar-refractivity contribution is 0.0178. The Labute approximate surface area is 140 Å². The van der Waals surface area contributed by atoms with Gasteiger partial charge in [-0.25, -0.2) is 13.6 Å². The first kappa shape index (κ1) is 18.7. The molecule has 1 amide bonds. The molecule has 1 heterocycles. The van der Waals surface area contributed by atoms with Crippen molar-refractivity contribution in [2.45, 2.75) is 23.8 Å². The van der Waals surface area contributed by atoms with Crippen molar-refractivity contribution in [2.75, 3.05) is 26.8 Å². The Morgan fingerprint density at radius 3 is 2.54 bits per heavy atom. The zero-order valence-corrected chi connectivity index (χ0v) is 14.2. The second kappa shape index (κ2) is 7.47. The van der Waals surface area contributed by atoms with Gasteiger partial charge in [-0.3, -0.25) is 4.79 Å². The largest absolute Gasteiger partial charge is 0.496 e. The van der Waals surface area contributed by atoms with Gasteiger partial charge in [0.1, 0.15) is 5.75 Å². The first-order chi connectivity index (χ1) is 11.3. The van der Waals surface area contributed by atoms with Crippen molar-refractivity contribution in [3.63, 3.8) is 0 Å². The molecule has 0 aromatic heterocycles. The van der Waals surface area contributed by atoms with E-state index in [1.54, 1.807) is 4.90 Å². The highest BCUT2D eigenvalue weighted by Gasteiger charge is 2.29. The van der Waals surface area contributed by atoms with Crippen molar-refractivity contribution in [1.82, 2.24) is 4.90 Å². The Bertz CT molecular complexity index is 698. The molecule has 0 radical (unpaired) electrons. The number of carbonyl (C=O) groups is 1. The predicted octanol–water partition coefficient (Wildman–Crippen LogP) is -0.452. The molecule has 1 aliphatic rings. The van der Waals surface area contributed by atoms with Crippen molar-refractivity contribution >= 4 is 15.9 Å². The van der Waals surface area contributed by atoms with Crippen molar-refractivity contribution in [2.24, 2.45) is 11.1 Å². The number of nitrogens with two attached hydrogens (primary N) is 1. The van der Waals surface area contributed by atoms with Gasteiger partial charge in [-0.05, 0) is 37.0 Å². The summed E-state index contributed by atoms with van der Waals surface area (Å²) in [5.41, 5.74) is 0.130. The first-order valence-electron chi connectivity index (χ1n) is 7.57. The molecule has 0 spiro atoms. The van der Waals surface area contributed by atoms with Crippen LogP contribution in [0.2, 0.25) is 0 Å². The van der Waals surface area contributed by atoms with Gasteiger partial charge in [0.2, 0.25) is 10.0 Å². The molecule has 1 atom stereocenters. The Morgan fingerprint density at radius 1 is 1.42 bits per heavy atom. The molecule has 0 bridgehead atoms. The third kappa shape index (κ3) is 4.04. The van der Waals surface area contributed by atoms with Gasteiger partial charge in [-0.1, -0.05) is 0 Å². The van der Waals surface area contributed by atoms with E-state index in [1.165, 1.54) is 25.3 Å². The number of piperidine rings is 1. The van der Waals surface area contributed by atoms with Crippen LogP contribution in [0.4, 0.5) is 0 Å². The lowest BCUT2D eigenvalue weighted by Crippen LogP contribution is -2.42. The second-order valence-corrected chi connectivity index (χ2v) is 7.35. The average Bonchev–Trinajstić information content (AvgIpc) is 2.59. The van der Waals surface area contributed by atoms with Crippen molar-refractivity contribution < 1.29 is 28.2 Å². The molecule has 0 saturated carbocycles. The number of aliphatic hydroxyl groups excluding tert-OH is 2. The Hall–Kier alpha value is -1.68. The maximum absolute atomic E-state index is 12.7. The number of carbonyl (C=O) groups excluding carboxylic acids is 1. The zero-order valence-electron chi connectivity index (χ0n) is 13.4. The summed E-state index contributed by atoms with van der Waals surface area (Å²) in [7, 11) is -2.53. The van der Waals surface area contributed by atoms with E-state index in [9.17, 15) is 18.3 Å². The maximum atomic E-state index is 12.7. The van der Waals surface area contributed by atoms with Gasteiger partial charge in [0.15, 0.2) is 0 Å². The average molecular weight is 358 g/mol. The fraction of sp³-hybridized carbons (Fsp3) is 0.533. The third-order valence-electron chi connectivity index (χ3n) is 4.29. The lowest BCUT2D eigenvalue weighted by Gasteiger charge is -2.34. The maximum Gasteiger partial charge on any atom is 0.257 e. The minimum absolute atomic E-state index is 0.0586. The number of rotatable bonds is 5. The highest BCUT2D eigenvalue weighted by atomic mass is 32.2. The summed E-state index contributed by atoms with van der Waals surface area (Å²) in [6.45, 7) is 0.509. The number of hydrogen-bond donors (Lipinski definition) is 3. The summed E-state index contributed by atoms with van der Waals surface area (Å²) < 4.78 is 28.1. The van der Waals surface area contributed by atoms with Gasteiger partial charge in [-0.15, -0.1) is 0 Å². The quantitative estimate of drug-likeness (QED) is 0.653. The van der Waals surface area contributed by atoms with E-state index in [2.05, 4.69) is 0 Å². The van der Waals surface area contributed by atoms with Gasteiger partial charge in [0.05, 0.1) is 30.3 Å². The van der Waals surface area contributed by atoms with Crippen LogP contribution in [0, 0.1) is 5.92 Å². The van der Waals surface area contributed by atoms with E-state index in [0.717, 1.165) is 0 Å². The highest BCUT2D eigenvalue weighted by Crippen LogP contribution is 2.27. The summed E-state index contributed by atoms with van der Waals surface area (Å²) in [6.07, 6.45) is 0.331. The highest BCUT2D eigenvalue weighted by molar-refractivity contribution is 7.89. The van der Waals surface area contributed by atoms with E-state index in [1.807, 2.05) is 0 Å². The molecule has 4 N–H and O–H groups in total. The monoisotopic (exact) mass is 358 g/mol. The molecule has 1 aromatic carbocycles. The van der Waals surface area contributed by atoms with Gasteiger partial charge in [-0.2, -0.15) is 0 Å². The van der Waals surface area contributed by atoms with Gasteiger partial charge < -0.3 is 19.8 Å². The molecule has 1 aromatic rings. The van der Waals surface area contributed by atoms with Crippen LogP contribution in [-0.4, -0.2) is 62.3 Å².